The monoisotopic (exact) mass is 315 g/mol. The van der Waals surface area contributed by atoms with Crippen molar-refractivity contribution < 1.29 is 9.90 Å². The molecule has 2 rings (SSSR count). The van der Waals surface area contributed by atoms with Crippen LogP contribution in [0.3, 0.4) is 0 Å². The summed E-state index contributed by atoms with van der Waals surface area (Å²) in [7, 11) is 0. The zero-order chi connectivity index (χ0) is 16.7. The van der Waals surface area contributed by atoms with Crippen molar-refractivity contribution in [2.24, 2.45) is 0 Å². The van der Waals surface area contributed by atoms with Crippen molar-refractivity contribution >= 4 is 5.91 Å². The number of aliphatic hydroxyl groups excluding tert-OH is 1. The molecule has 0 aliphatic carbocycles. The third kappa shape index (κ3) is 4.50. The molecule has 0 unspecified atom stereocenters. The predicted octanol–water partition coefficient (Wildman–Crippen LogP) is 1.29. The number of aliphatic hydroxyl groups is 1. The van der Waals surface area contributed by atoms with Crippen LogP contribution < -0.4 is 5.56 Å². The van der Waals surface area contributed by atoms with Gasteiger partial charge < -0.3 is 14.6 Å². The van der Waals surface area contributed by atoms with Crippen molar-refractivity contribution in [2.45, 2.75) is 26.4 Å². The summed E-state index contributed by atoms with van der Waals surface area (Å²) in [6.45, 7) is 3.29. The Kier molecular flexibility index (Phi) is 6.05. The van der Waals surface area contributed by atoms with Gasteiger partial charge in [-0.2, -0.15) is 0 Å². The number of pyridine rings is 2. The van der Waals surface area contributed by atoms with Gasteiger partial charge in [-0.1, -0.05) is 0 Å². The van der Waals surface area contributed by atoms with Gasteiger partial charge in [0.2, 0.25) is 0 Å². The molecule has 0 atom stereocenters. The van der Waals surface area contributed by atoms with Crippen molar-refractivity contribution in [1.29, 1.82) is 0 Å². The van der Waals surface area contributed by atoms with Crippen LogP contribution in [0.5, 0.6) is 0 Å². The second kappa shape index (κ2) is 8.24. The van der Waals surface area contributed by atoms with Crippen LogP contribution in [0, 0.1) is 0 Å². The van der Waals surface area contributed by atoms with E-state index in [1.807, 2.05) is 19.1 Å². The molecule has 2 heterocycles. The van der Waals surface area contributed by atoms with E-state index in [2.05, 4.69) is 4.98 Å². The molecule has 0 radical (unpaired) electrons. The average Bonchev–Trinajstić information content (AvgIpc) is 2.58. The lowest BCUT2D eigenvalue weighted by Crippen LogP contribution is -2.33. The van der Waals surface area contributed by atoms with Crippen molar-refractivity contribution in [3.05, 3.63) is 64.3 Å². The Balaban J connectivity index is 2.22. The second-order valence-corrected chi connectivity index (χ2v) is 5.20. The van der Waals surface area contributed by atoms with Gasteiger partial charge >= 0.3 is 0 Å². The van der Waals surface area contributed by atoms with E-state index in [0.29, 0.717) is 31.6 Å². The second-order valence-electron chi connectivity index (χ2n) is 5.20. The SMILES string of the molecule is CCn1ccc(C(=O)N(CCCO)Cc2ccncc2)cc1=O. The number of hydrogen-bond acceptors (Lipinski definition) is 4. The Labute approximate surface area is 135 Å². The molecule has 0 aliphatic heterocycles. The van der Waals surface area contributed by atoms with Crippen LogP contribution in [0.4, 0.5) is 0 Å². The number of carbonyl (C=O) groups is 1. The minimum Gasteiger partial charge on any atom is -0.396 e. The van der Waals surface area contributed by atoms with Gasteiger partial charge in [0.25, 0.3) is 11.5 Å². The molecule has 23 heavy (non-hydrogen) atoms. The molecule has 2 aromatic heterocycles. The minimum atomic E-state index is -0.212. The Morgan fingerprint density at radius 3 is 2.65 bits per heavy atom. The van der Waals surface area contributed by atoms with Gasteiger partial charge in [-0.05, 0) is 37.1 Å². The molecule has 0 fully saturated rings. The van der Waals surface area contributed by atoms with E-state index < -0.39 is 0 Å². The Hall–Kier alpha value is -2.47. The standard InChI is InChI=1S/C17H21N3O3/c1-2-19-10-6-15(12-16(19)22)17(23)20(9-3-11-21)13-14-4-7-18-8-5-14/h4-8,10,12,21H,2-3,9,11,13H2,1H3. The topological polar surface area (TPSA) is 75.4 Å². The molecule has 0 aliphatic rings. The molecule has 122 valence electrons. The summed E-state index contributed by atoms with van der Waals surface area (Å²) in [5.74, 6) is -0.212. The molecule has 0 spiro atoms. The normalized spacial score (nSPS) is 10.5. The molecule has 0 aromatic carbocycles. The first-order valence-corrected chi connectivity index (χ1v) is 7.65. The maximum absolute atomic E-state index is 12.7. The first kappa shape index (κ1) is 16.9. The fraction of sp³-hybridized carbons (Fsp3) is 0.353. The van der Waals surface area contributed by atoms with Crippen LogP contribution >= 0.6 is 0 Å². The van der Waals surface area contributed by atoms with E-state index in [9.17, 15) is 9.59 Å². The van der Waals surface area contributed by atoms with Crippen LogP contribution in [0.25, 0.3) is 0 Å². The third-order valence-electron chi connectivity index (χ3n) is 3.58. The molecule has 0 saturated carbocycles. The fourth-order valence-corrected chi connectivity index (χ4v) is 2.31. The smallest absolute Gasteiger partial charge is 0.254 e. The summed E-state index contributed by atoms with van der Waals surface area (Å²) < 4.78 is 1.54. The summed E-state index contributed by atoms with van der Waals surface area (Å²) in [5.41, 5.74) is 1.13. The van der Waals surface area contributed by atoms with E-state index in [0.717, 1.165) is 5.56 Å². The van der Waals surface area contributed by atoms with Crippen LogP contribution in [0.1, 0.15) is 29.3 Å². The van der Waals surface area contributed by atoms with Gasteiger partial charge in [-0.3, -0.25) is 14.6 Å². The van der Waals surface area contributed by atoms with Gasteiger partial charge in [0.05, 0.1) is 0 Å². The van der Waals surface area contributed by atoms with Crippen molar-refractivity contribution in [2.75, 3.05) is 13.2 Å². The lowest BCUT2D eigenvalue weighted by atomic mass is 10.2. The first-order valence-electron chi connectivity index (χ1n) is 7.65. The number of rotatable bonds is 7. The molecule has 6 nitrogen and oxygen atoms in total. The van der Waals surface area contributed by atoms with Crippen molar-refractivity contribution in [3.63, 3.8) is 0 Å². The molecule has 1 amide bonds. The average molecular weight is 315 g/mol. The van der Waals surface area contributed by atoms with E-state index >= 15 is 0 Å². The lowest BCUT2D eigenvalue weighted by Gasteiger charge is -2.22. The zero-order valence-electron chi connectivity index (χ0n) is 13.2. The number of aryl methyl sites for hydroxylation is 1. The number of nitrogens with zero attached hydrogens (tertiary/aromatic N) is 3. The van der Waals surface area contributed by atoms with Gasteiger partial charge in [-0.15, -0.1) is 0 Å². The predicted molar refractivity (Wildman–Crippen MR) is 87.1 cm³/mol. The largest absolute Gasteiger partial charge is 0.396 e. The summed E-state index contributed by atoms with van der Waals surface area (Å²) in [6.07, 6.45) is 5.47. The highest BCUT2D eigenvalue weighted by molar-refractivity contribution is 5.94. The quantitative estimate of drug-likeness (QED) is 0.835. The van der Waals surface area contributed by atoms with Gasteiger partial charge in [0.15, 0.2) is 0 Å². The number of carbonyl (C=O) groups excluding carboxylic acids is 1. The van der Waals surface area contributed by atoms with E-state index in [4.69, 9.17) is 5.11 Å². The summed E-state index contributed by atoms with van der Waals surface area (Å²) >= 11 is 0. The highest BCUT2D eigenvalue weighted by Gasteiger charge is 2.16. The van der Waals surface area contributed by atoms with Crippen molar-refractivity contribution in [1.82, 2.24) is 14.5 Å². The molecular weight excluding hydrogens is 294 g/mol. The van der Waals surface area contributed by atoms with Crippen LogP contribution in [-0.2, 0) is 13.1 Å². The fourth-order valence-electron chi connectivity index (χ4n) is 2.31. The van der Waals surface area contributed by atoms with Crippen LogP contribution in [0.15, 0.2) is 47.7 Å². The molecule has 1 N–H and O–H groups in total. The van der Waals surface area contributed by atoms with E-state index in [1.54, 1.807) is 29.6 Å². The summed E-state index contributed by atoms with van der Waals surface area (Å²) in [6, 6.07) is 6.71. The molecule has 6 heteroatoms. The highest BCUT2D eigenvalue weighted by Crippen LogP contribution is 2.09. The molecule has 0 saturated heterocycles. The lowest BCUT2D eigenvalue weighted by molar-refractivity contribution is 0.0731. The van der Waals surface area contributed by atoms with Crippen LogP contribution in [-0.4, -0.2) is 38.6 Å². The van der Waals surface area contributed by atoms with Gasteiger partial charge in [0.1, 0.15) is 0 Å². The number of hydrogen-bond donors (Lipinski definition) is 1. The highest BCUT2D eigenvalue weighted by atomic mass is 16.3. The van der Waals surface area contributed by atoms with Gasteiger partial charge in [0, 0.05) is 56.5 Å². The van der Waals surface area contributed by atoms with E-state index in [-0.39, 0.29) is 18.1 Å². The Bertz CT molecular complexity index is 698. The maximum Gasteiger partial charge on any atom is 0.254 e. The summed E-state index contributed by atoms with van der Waals surface area (Å²) in [5, 5.41) is 9.04. The van der Waals surface area contributed by atoms with Crippen LogP contribution in [0.2, 0.25) is 0 Å². The third-order valence-corrected chi connectivity index (χ3v) is 3.58. The number of amides is 1. The Morgan fingerprint density at radius 1 is 1.30 bits per heavy atom. The maximum atomic E-state index is 12.7. The molecule has 2 aromatic rings. The molecule has 0 bridgehead atoms. The Morgan fingerprint density at radius 2 is 2.04 bits per heavy atom. The minimum absolute atomic E-state index is 0.0115. The summed E-state index contributed by atoms with van der Waals surface area (Å²) in [4.78, 5) is 30.2. The van der Waals surface area contributed by atoms with E-state index in [1.165, 1.54) is 10.6 Å². The number of aromatic nitrogens is 2. The van der Waals surface area contributed by atoms with Gasteiger partial charge in [-0.25, -0.2) is 0 Å². The zero-order valence-corrected chi connectivity index (χ0v) is 13.2. The first-order chi connectivity index (χ1) is 11.2. The van der Waals surface area contributed by atoms with Crippen molar-refractivity contribution in [3.8, 4) is 0 Å². The molecular formula is C17H21N3O3.